The van der Waals surface area contributed by atoms with Crippen LogP contribution < -0.4 is 0 Å². The predicted octanol–water partition coefficient (Wildman–Crippen LogP) is 3.83. The quantitative estimate of drug-likeness (QED) is 0.715. The highest BCUT2D eigenvalue weighted by Gasteiger charge is 2.57. The second-order valence-electron chi connectivity index (χ2n) is 7.54. The third kappa shape index (κ3) is 1.88. The number of hydrogen-bond donors (Lipinski definition) is 2. The average molecular weight is 307 g/mol. The number of aromatic hydroxyl groups is 1. The summed E-state index contributed by atoms with van der Waals surface area (Å²) in [5, 5.41) is 20.2. The number of phenolic OH excluding ortho intramolecular Hbond substituents is 1. The van der Waals surface area contributed by atoms with Gasteiger partial charge in [-0.2, -0.15) is 0 Å². The Kier molecular flexibility index (Phi) is 3.07. The van der Waals surface area contributed by atoms with Crippen molar-refractivity contribution < 1.29 is 10.2 Å². The zero-order valence-corrected chi connectivity index (χ0v) is 13.2. The lowest BCUT2D eigenvalue weighted by atomic mass is 9.55. The molecule has 2 nitrogen and oxygen atoms in total. The third-order valence-electron chi connectivity index (χ3n) is 6.59. The van der Waals surface area contributed by atoms with E-state index >= 15 is 0 Å². The first-order chi connectivity index (χ1) is 10.0. The summed E-state index contributed by atoms with van der Waals surface area (Å²) in [4.78, 5) is 0. The third-order valence-corrected chi connectivity index (χ3v) is 7.02. The number of halogens is 1. The highest BCUT2D eigenvalue weighted by Crippen LogP contribution is 2.62. The fraction of sp³-hybridized carbons (Fsp3) is 0.667. The van der Waals surface area contributed by atoms with E-state index in [2.05, 4.69) is 13.0 Å². The molecule has 2 fully saturated rings. The number of rotatable bonds is 0. The van der Waals surface area contributed by atoms with E-state index in [-0.39, 0.29) is 16.9 Å². The zero-order chi connectivity index (χ0) is 14.8. The van der Waals surface area contributed by atoms with Crippen LogP contribution in [0.4, 0.5) is 0 Å². The van der Waals surface area contributed by atoms with Crippen LogP contribution in [-0.2, 0) is 6.42 Å². The van der Waals surface area contributed by atoms with Gasteiger partial charge in [-0.3, -0.25) is 0 Å². The van der Waals surface area contributed by atoms with Crippen LogP contribution in [0.2, 0.25) is 0 Å². The van der Waals surface area contributed by atoms with Crippen molar-refractivity contribution in [1.29, 1.82) is 0 Å². The van der Waals surface area contributed by atoms with Gasteiger partial charge in [-0.25, -0.2) is 0 Å². The molecule has 3 aliphatic rings. The SMILES string of the molecule is C[C@]12C[C@H](Cl)[C@@H]3c4ccc(O)cc4CC[C@H]3[C@@H]1CC[C@@H]2O. The number of aliphatic hydroxyl groups excluding tert-OH is 1. The average Bonchev–Trinajstić information content (AvgIpc) is 2.74. The molecule has 0 heterocycles. The first-order valence-electron chi connectivity index (χ1n) is 8.14. The minimum absolute atomic E-state index is 0.00199. The van der Waals surface area contributed by atoms with E-state index in [4.69, 9.17) is 11.6 Å². The monoisotopic (exact) mass is 306 g/mol. The molecule has 114 valence electrons. The maximum atomic E-state index is 10.4. The van der Waals surface area contributed by atoms with Crippen molar-refractivity contribution >= 4 is 11.6 Å². The molecule has 6 atom stereocenters. The lowest BCUT2D eigenvalue weighted by Gasteiger charge is -2.52. The van der Waals surface area contributed by atoms with Gasteiger partial charge in [0, 0.05) is 11.3 Å². The molecule has 0 amide bonds. The van der Waals surface area contributed by atoms with Gasteiger partial charge < -0.3 is 10.2 Å². The van der Waals surface area contributed by atoms with Crippen LogP contribution in [0, 0.1) is 17.3 Å². The Labute approximate surface area is 131 Å². The predicted molar refractivity (Wildman–Crippen MR) is 83.8 cm³/mol. The summed E-state index contributed by atoms with van der Waals surface area (Å²) in [6.45, 7) is 2.24. The molecule has 0 saturated heterocycles. The van der Waals surface area contributed by atoms with Gasteiger partial charge in [0.25, 0.3) is 0 Å². The fourth-order valence-corrected chi connectivity index (χ4v) is 6.22. The Hall–Kier alpha value is -0.730. The van der Waals surface area contributed by atoms with Gasteiger partial charge in [0.2, 0.25) is 0 Å². The van der Waals surface area contributed by atoms with Crippen molar-refractivity contribution in [2.45, 2.75) is 56.4 Å². The van der Waals surface area contributed by atoms with E-state index in [0.717, 1.165) is 32.1 Å². The van der Waals surface area contributed by atoms with E-state index in [1.807, 2.05) is 6.07 Å². The Morgan fingerprint density at radius 3 is 2.86 bits per heavy atom. The van der Waals surface area contributed by atoms with Crippen molar-refractivity contribution in [3.8, 4) is 5.75 Å². The lowest BCUT2D eigenvalue weighted by molar-refractivity contribution is -0.0206. The molecule has 0 spiro atoms. The summed E-state index contributed by atoms with van der Waals surface area (Å²) in [7, 11) is 0. The molecule has 0 aromatic heterocycles. The maximum Gasteiger partial charge on any atom is 0.115 e. The minimum Gasteiger partial charge on any atom is -0.508 e. The molecule has 0 radical (unpaired) electrons. The van der Waals surface area contributed by atoms with Gasteiger partial charge in [-0.1, -0.05) is 13.0 Å². The first-order valence-corrected chi connectivity index (χ1v) is 8.58. The summed E-state index contributed by atoms with van der Waals surface area (Å²) in [5.41, 5.74) is 2.61. The number of alkyl halides is 1. The summed E-state index contributed by atoms with van der Waals surface area (Å²) >= 11 is 6.81. The number of phenols is 1. The molecule has 2 N–H and O–H groups in total. The standard InChI is InChI=1S/C18H23ClO2/c1-18-9-15(19)17-12-5-3-11(20)8-10(12)2-4-13(17)14(18)6-7-16(18)21/h3,5,8,13-17,20-21H,2,4,6-7,9H2,1H3/t13-,14-,15-,16-,17+,18-/m0/s1. The molecule has 3 heteroatoms. The molecule has 3 aliphatic carbocycles. The normalized spacial score (nSPS) is 44.8. The summed E-state index contributed by atoms with van der Waals surface area (Å²) in [6.07, 6.45) is 4.94. The van der Waals surface area contributed by atoms with Gasteiger partial charge >= 0.3 is 0 Å². The molecule has 21 heavy (non-hydrogen) atoms. The van der Waals surface area contributed by atoms with Crippen LogP contribution in [0.15, 0.2) is 18.2 Å². The van der Waals surface area contributed by atoms with E-state index < -0.39 is 0 Å². The molecule has 0 bridgehead atoms. The smallest absolute Gasteiger partial charge is 0.115 e. The van der Waals surface area contributed by atoms with E-state index in [1.54, 1.807) is 6.07 Å². The van der Waals surface area contributed by atoms with Crippen LogP contribution in [0.3, 0.4) is 0 Å². The largest absolute Gasteiger partial charge is 0.508 e. The van der Waals surface area contributed by atoms with Gasteiger partial charge in [0.15, 0.2) is 0 Å². The second kappa shape index (κ2) is 4.63. The number of fused-ring (bicyclic) bond motifs is 5. The molecule has 2 saturated carbocycles. The van der Waals surface area contributed by atoms with Gasteiger partial charge in [0.1, 0.15) is 5.75 Å². The number of aliphatic hydroxyl groups is 1. The van der Waals surface area contributed by atoms with Crippen molar-refractivity contribution in [3.05, 3.63) is 29.3 Å². The molecular weight excluding hydrogens is 284 g/mol. The molecule has 0 aliphatic heterocycles. The van der Waals surface area contributed by atoms with Crippen LogP contribution in [-0.4, -0.2) is 21.7 Å². The number of benzene rings is 1. The van der Waals surface area contributed by atoms with Crippen LogP contribution in [0.1, 0.15) is 49.7 Å². The van der Waals surface area contributed by atoms with E-state index in [1.165, 1.54) is 11.1 Å². The number of hydrogen-bond acceptors (Lipinski definition) is 2. The Morgan fingerprint density at radius 2 is 2.05 bits per heavy atom. The highest BCUT2D eigenvalue weighted by atomic mass is 35.5. The van der Waals surface area contributed by atoms with Crippen molar-refractivity contribution in [1.82, 2.24) is 0 Å². The van der Waals surface area contributed by atoms with Crippen LogP contribution >= 0.6 is 11.6 Å². The highest BCUT2D eigenvalue weighted by molar-refractivity contribution is 6.21. The van der Waals surface area contributed by atoms with Crippen LogP contribution in [0.5, 0.6) is 5.75 Å². The van der Waals surface area contributed by atoms with Crippen molar-refractivity contribution in [2.75, 3.05) is 0 Å². The van der Waals surface area contributed by atoms with E-state index in [9.17, 15) is 10.2 Å². The fourth-order valence-electron chi connectivity index (χ4n) is 5.56. The topological polar surface area (TPSA) is 40.5 Å². The first kappa shape index (κ1) is 13.9. The number of aryl methyl sites for hydroxylation is 1. The van der Waals surface area contributed by atoms with E-state index in [0.29, 0.717) is 23.5 Å². The van der Waals surface area contributed by atoms with Crippen LogP contribution in [0.25, 0.3) is 0 Å². The maximum absolute atomic E-state index is 10.4. The Balaban J connectivity index is 1.76. The lowest BCUT2D eigenvalue weighted by Crippen LogP contribution is -2.48. The minimum atomic E-state index is -0.189. The summed E-state index contributed by atoms with van der Waals surface area (Å²) in [5.74, 6) is 1.92. The molecule has 4 rings (SSSR count). The summed E-state index contributed by atoms with van der Waals surface area (Å²) in [6, 6.07) is 5.78. The second-order valence-corrected chi connectivity index (χ2v) is 8.10. The molecule has 1 aromatic carbocycles. The molecular formula is C18H23ClO2. The van der Waals surface area contributed by atoms with Gasteiger partial charge in [-0.15, -0.1) is 11.6 Å². The van der Waals surface area contributed by atoms with Gasteiger partial charge in [-0.05, 0) is 72.6 Å². The zero-order valence-electron chi connectivity index (χ0n) is 12.4. The van der Waals surface area contributed by atoms with Crippen molar-refractivity contribution in [3.63, 3.8) is 0 Å². The molecule has 1 aromatic rings. The Bertz CT molecular complexity index is 572. The Morgan fingerprint density at radius 1 is 1.24 bits per heavy atom. The summed E-state index contributed by atoms with van der Waals surface area (Å²) < 4.78 is 0. The molecule has 0 unspecified atom stereocenters. The van der Waals surface area contributed by atoms with Crippen molar-refractivity contribution in [2.24, 2.45) is 17.3 Å². The van der Waals surface area contributed by atoms with Gasteiger partial charge in [0.05, 0.1) is 6.10 Å².